The lowest BCUT2D eigenvalue weighted by Crippen LogP contribution is -2.30. The van der Waals surface area contributed by atoms with Gasteiger partial charge >= 0.3 is 0 Å². The van der Waals surface area contributed by atoms with E-state index in [1.165, 1.54) is 77.5 Å². The Morgan fingerprint density at radius 1 is 0.492 bits per heavy atom. The number of nitrogens with zero attached hydrogens (tertiary/aromatic N) is 2. The number of anilines is 3. The van der Waals surface area contributed by atoms with Crippen molar-refractivity contribution in [1.29, 1.82) is 0 Å². The molecule has 9 aromatic rings. The number of allylic oxidation sites excluding steroid dienone is 4. The maximum absolute atomic E-state index is 2.51. The summed E-state index contributed by atoms with van der Waals surface area (Å²) in [4.78, 5) is 2.41. The summed E-state index contributed by atoms with van der Waals surface area (Å²) in [5, 5.41) is 2.61. The van der Waals surface area contributed by atoms with Crippen LogP contribution in [0.15, 0.2) is 218 Å². The molecule has 0 bridgehead atoms. The highest BCUT2D eigenvalue weighted by molar-refractivity contribution is 6.09. The van der Waals surface area contributed by atoms with Crippen LogP contribution in [0.3, 0.4) is 0 Å². The van der Waals surface area contributed by atoms with Crippen molar-refractivity contribution < 1.29 is 0 Å². The van der Waals surface area contributed by atoms with Crippen LogP contribution < -0.4 is 4.90 Å². The van der Waals surface area contributed by atoms with Gasteiger partial charge < -0.3 is 9.47 Å². The van der Waals surface area contributed by atoms with E-state index in [1.54, 1.807) is 0 Å². The predicted molar refractivity (Wildman–Crippen MR) is 249 cm³/mol. The first-order valence-electron chi connectivity index (χ1n) is 21.0. The third-order valence-corrected chi connectivity index (χ3v) is 12.8. The molecule has 2 aliphatic rings. The fraction of sp³-hybridized carbons (Fsp3) is 0.0877. The first-order valence-corrected chi connectivity index (χ1v) is 21.0. The molecule has 0 fully saturated rings. The minimum Gasteiger partial charge on any atom is -0.341 e. The zero-order chi connectivity index (χ0) is 39.3. The summed E-state index contributed by atoms with van der Waals surface area (Å²) in [6, 6.07) is 72.0. The number of benzene rings is 8. The van der Waals surface area contributed by atoms with Crippen molar-refractivity contribution in [2.24, 2.45) is 0 Å². The molecule has 0 amide bonds. The van der Waals surface area contributed by atoms with Crippen LogP contribution >= 0.6 is 0 Å². The monoisotopic (exact) mass is 756 g/mol. The lowest BCUT2D eigenvalue weighted by Gasteiger charge is -2.37. The van der Waals surface area contributed by atoms with E-state index >= 15 is 0 Å². The highest BCUT2D eigenvalue weighted by atomic mass is 15.1. The molecule has 0 N–H and O–H groups in total. The van der Waals surface area contributed by atoms with Gasteiger partial charge in [-0.2, -0.15) is 0 Å². The fourth-order valence-electron chi connectivity index (χ4n) is 10.1. The zero-order valence-electron chi connectivity index (χ0n) is 33.2. The average molecular weight is 757 g/mol. The summed E-state index contributed by atoms with van der Waals surface area (Å²) >= 11 is 0. The van der Waals surface area contributed by atoms with Crippen molar-refractivity contribution >= 4 is 38.9 Å². The molecule has 11 rings (SSSR count). The van der Waals surface area contributed by atoms with Crippen molar-refractivity contribution in [1.82, 2.24) is 4.57 Å². The van der Waals surface area contributed by atoms with Gasteiger partial charge in [-0.15, -0.1) is 0 Å². The van der Waals surface area contributed by atoms with Crippen LogP contribution in [-0.2, 0) is 12.0 Å². The van der Waals surface area contributed by atoms with Gasteiger partial charge in [0.1, 0.15) is 0 Å². The van der Waals surface area contributed by atoms with Gasteiger partial charge in [-0.1, -0.05) is 157 Å². The maximum Gasteiger partial charge on any atom is 0.0677 e. The molecule has 0 saturated heterocycles. The number of hydrogen-bond donors (Lipinski definition) is 0. The Hall–Kier alpha value is -7.16. The second-order valence-electron chi connectivity index (χ2n) is 15.8. The quantitative estimate of drug-likeness (QED) is 0.150. The molecule has 2 heteroatoms. The highest BCUT2D eigenvalue weighted by Crippen LogP contribution is 2.59. The largest absolute Gasteiger partial charge is 0.341 e. The maximum atomic E-state index is 2.51. The van der Waals surface area contributed by atoms with Crippen LogP contribution in [0.25, 0.3) is 55.2 Å². The number of fused-ring (bicyclic) bond motifs is 6. The Morgan fingerprint density at radius 2 is 1.07 bits per heavy atom. The van der Waals surface area contributed by atoms with E-state index in [1.807, 2.05) is 0 Å². The lowest BCUT2D eigenvalue weighted by molar-refractivity contribution is 0.693. The van der Waals surface area contributed by atoms with Crippen LogP contribution in [0.2, 0.25) is 0 Å². The number of rotatable bonds is 8. The Balaban J connectivity index is 1.12. The number of aryl methyl sites for hydroxylation is 1. The van der Waals surface area contributed by atoms with Crippen molar-refractivity contribution in [3.05, 3.63) is 235 Å². The molecule has 0 aliphatic heterocycles. The van der Waals surface area contributed by atoms with E-state index in [-0.39, 0.29) is 0 Å². The summed E-state index contributed by atoms with van der Waals surface area (Å²) in [5.41, 5.74) is 18.4. The number of para-hydroxylation sites is 2. The molecule has 0 radical (unpaired) electrons. The summed E-state index contributed by atoms with van der Waals surface area (Å²) in [6.45, 7) is 3.18. The molecule has 282 valence electrons. The minimum atomic E-state index is -0.482. The molecule has 2 aliphatic carbocycles. The van der Waals surface area contributed by atoms with E-state index in [4.69, 9.17) is 0 Å². The fourth-order valence-corrected chi connectivity index (χ4v) is 10.1. The van der Waals surface area contributed by atoms with Crippen molar-refractivity contribution in [3.8, 4) is 33.4 Å². The lowest BCUT2D eigenvalue weighted by atomic mass is 9.65. The van der Waals surface area contributed by atoms with Gasteiger partial charge in [-0.25, -0.2) is 0 Å². The van der Waals surface area contributed by atoms with Gasteiger partial charge in [0.05, 0.1) is 5.41 Å². The Kier molecular flexibility index (Phi) is 8.52. The molecule has 1 atom stereocenters. The smallest absolute Gasteiger partial charge is 0.0677 e. The van der Waals surface area contributed by atoms with E-state index in [2.05, 4.69) is 229 Å². The van der Waals surface area contributed by atoms with Gasteiger partial charge in [-0.05, 0) is 131 Å². The first-order chi connectivity index (χ1) is 29.2. The molecule has 59 heavy (non-hydrogen) atoms. The normalized spacial score (nSPS) is 15.6. The minimum absolute atomic E-state index is 0.482. The Morgan fingerprint density at radius 3 is 1.81 bits per heavy atom. The summed E-state index contributed by atoms with van der Waals surface area (Å²) < 4.78 is 2.44. The van der Waals surface area contributed by atoms with E-state index < -0.39 is 5.41 Å². The molecule has 0 saturated carbocycles. The van der Waals surface area contributed by atoms with Crippen LogP contribution in [0.4, 0.5) is 17.1 Å². The van der Waals surface area contributed by atoms with E-state index in [0.717, 1.165) is 36.4 Å². The molecule has 1 heterocycles. The Bertz CT molecular complexity index is 3060. The third kappa shape index (κ3) is 5.62. The SMILES string of the molecule is CCn1c2ccccc2c2cc(-c3ccc4c(c3)C(C3=CC=CCC3)(c3ccccc3)c3cc(N(c5ccccc5)c5ccc(-c6ccccc6)cc5)ccc3-4)ccc21. The van der Waals surface area contributed by atoms with Crippen LogP contribution in [0, 0.1) is 0 Å². The predicted octanol–water partition coefficient (Wildman–Crippen LogP) is 15.2. The van der Waals surface area contributed by atoms with Crippen LogP contribution in [0.1, 0.15) is 36.5 Å². The summed E-state index contributed by atoms with van der Waals surface area (Å²) in [6.07, 6.45) is 9.00. The third-order valence-electron chi connectivity index (χ3n) is 12.8. The molecule has 8 aromatic carbocycles. The summed E-state index contributed by atoms with van der Waals surface area (Å²) in [5.74, 6) is 0. The summed E-state index contributed by atoms with van der Waals surface area (Å²) in [7, 11) is 0. The van der Waals surface area contributed by atoms with Crippen molar-refractivity contribution in [2.45, 2.75) is 31.7 Å². The molecule has 1 unspecified atom stereocenters. The van der Waals surface area contributed by atoms with Gasteiger partial charge in [0, 0.05) is 45.4 Å². The number of hydrogen-bond acceptors (Lipinski definition) is 1. The van der Waals surface area contributed by atoms with Gasteiger partial charge in [0.2, 0.25) is 0 Å². The second kappa shape index (κ2) is 14.3. The first kappa shape index (κ1) is 35.0. The van der Waals surface area contributed by atoms with Crippen molar-refractivity contribution in [3.63, 3.8) is 0 Å². The van der Waals surface area contributed by atoms with Crippen LogP contribution in [-0.4, -0.2) is 4.57 Å². The Labute approximate surface area is 346 Å². The standard InChI is InChI=1S/C57H44N2/c1-2-58-55-26-16-15-25-51(55)52-37-42(30-36-56(52)58)43-29-34-49-50-35-33-48(39-54(50)57(53(49)38-43,44-19-9-4-10-20-44)45-21-11-5-12-22-45)59(46-23-13-6-14-24-46)47-31-27-41(28-32-47)40-17-7-3-8-18-40/h3-11,13-21,23-39H,2,12,22H2,1H3. The topological polar surface area (TPSA) is 8.17 Å². The molecular weight excluding hydrogens is 713 g/mol. The number of aromatic nitrogens is 1. The van der Waals surface area contributed by atoms with E-state index in [9.17, 15) is 0 Å². The zero-order valence-corrected chi connectivity index (χ0v) is 33.2. The molecular formula is C57H44N2. The van der Waals surface area contributed by atoms with Gasteiger partial charge in [0.15, 0.2) is 0 Å². The van der Waals surface area contributed by atoms with Crippen molar-refractivity contribution in [2.75, 3.05) is 4.90 Å². The van der Waals surface area contributed by atoms with Gasteiger partial charge in [0.25, 0.3) is 0 Å². The van der Waals surface area contributed by atoms with Crippen LogP contribution in [0.5, 0.6) is 0 Å². The molecule has 2 nitrogen and oxygen atoms in total. The highest BCUT2D eigenvalue weighted by Gasteiger charge is 2.47. The molecule has 1 aromatic heterocycles. The van der Waals surface area contributed by atoms with Gasteiger partial charge in [-0.3, -0.25) is 0 Å². The average Bonchev–Trinajstić information content (AvgIpc) is 3.79. The van der Waals surface area contributed by atoms with E-state index in [0.29, 0.717) is 0 Å². The second-order valence-corrected chi connectivity index (χ2v) is 15.8. The molecule has 0 spiro atoms.